The molecule has 0 bridgehead atoms. The first-order chi connectivity index (χ1) is 13.1. The third-order valence-electron chi connectivity index (χ3n) is 4.51. The van der Waals surface area contributed by atoms with Crippen molar-refractivity contribution < 1.29 is 19.1 Å². The van der Waals surface area contributed by atoms with Crippen LogP contribution in [0, 0.1) is 5.92 Å². The van der Waals surface area contributed by atoms with Gasteiger partial charge in [-0.25, -0.2) is 5.43 Å². The van der Waals surface area contributed by atoms with Crippen LogP contribution >= 0.6 is 0 Å². The molecule has 2 atom stereocenters. The van der Waals surface area contributed by atoms with E-state index in [0.717, 1.165) is 5.56 Å². The zero-order chi connectivity index (χ0) is 19.2. The van der Waals surface area contributed by atoms with Crippen molar-refractivity contribution in [3.8, 4) is 11.5 Å². The van der Waals surface area contributed by atoms with Crippen LogP contribution < -0.4 is 20.2 Å². The van der Waals surface area contributed by atoms with Gasteiger partial charge in [-0.3, -0.25) is 9.59 Å². The van der Waals surface area contributed by atoms with E-state index in [9.17, 15) is 9.59 Å². The molecule has 1 heterocycles. The van der Waals surface area contributed by atoms with E-state index in [1.807, 2.05) is 30.3 Å². The standard InChI is InChI=1S/C20H21N3O4/c1-26-15-8-9-17(27-2)14(10-15)11-22-23-20(25)18-16(12-21-19(18)24)13-6-4-3-5-7-13/h3-11,16,18H,12H2,1-2H3,(H,21,24)(H,23,25)/b22-11+/t16-,18-/m0/s1. The summed E-state index contributed by atoms with van der Waals surface area (Å²) in [7, 11) is 3.11. The molecule has 140 valence electrons. The molecule has 1 aliphatic heterocycles. The molecule has 7 heteroatoms. The van der Waals surface area contributed by atoms with Crippen LogP contribution in [0.1, 0.15) is 17.0 Å². The monoisotopic (exact) mass is 367 g/mol. The lowest BCUT2D eigenvalue weighted by Crippen LogP contribution is -2.34. The highest BCUT2D eigenvalue weighted by atomic mass is 16.5. The van der Waals surface area contributed by atoms with Gasteiger partial charge >= 0.3 is 0 Å². The van der Waals surface area contributed by atoms with Crippen LogP contribution in [-0.4, -0.2) is 38.8 Å². The van der Waals surface area contributed by atoms with E-state index in [2.05, 4.69) is 15.8 Å². The van der Waals surface area contributed by atoms with E-state index in [4.69, 9.17) is 9.47 Å². The molecule has 0 saturated carbocycles. The van der Waals surface area contributed by atoms with E-state index in [0.29, 0.717) is 23.6 Å². The van der Waals surface area contributed by atoms with E-state index in [1.54, 1.807) is 32.4 Å². The second-order valence-corrected chi connectivity index (χ2v) is 6.08. The summed E-state index contributed by atoms with van der Waals surface area (Å²) in [6.07, 6.45) is 1.46. The SMILES string of the molecule is COc1ccc(OC)c(/C=N/NC(=O)[C@@H]2C(=O)NC[C@H]2c2ccccc2)c1. The Morgan fingerprint density at radius 3 is 2.67 bits per heavy atom. The van der Waals surface area contributed by atoms with Crippen molar-refractivity contribution in [2.45, 2.75) is 5.92 Å². The average Bonchev–Trinajstić information content (AvgIpc) is 3.10. The van der Waals surface area contributed by atoms with Crippen molar-refractivity contribution in [1.29, 1.82) is 0 Å². The predicted octanol–water partition coefficient (Wildman–Crippen LogP) is 1.68. The quantitative estimate of drug-likeness (QED) is 0.462. The van der Waals surface area contributed by atoms with Crippen molar-refractivity contribution in [1.82, 2.24) is 10.7 Å². The molecule has 1 saturated heterocycles. The summed E-state index contributed by atoms with van der Waals surface area (Å²) < 4.78 is 10.5. The summed E-state index contributed by atoms with van der Waals surface area (Å²) in [5.74, 6) is -0.554. The largest absolute Gasteiger partial charge is 0.497 e. The van der Waals surface area contributed by atoms with Gasteiger partial charge in [-0.2, -0.15) is 5.10 Å². The number of methoxy groups -OCH3 is 2. The highest BCUT2D eigenvalue weighted by Gasteiger charge is 2.40. The van der Waals surface area contributed by atoms with Gasteiger partial charge in [0.15, 0.2) is 0 Å². The van der Waals surface area contributed by atoms with Gasteiger partial charge in [0.25, 0.3) is 5.91 Å². The van der Waals surface area contributed by atoms with E-state index < -0.39 is 11.8 Å². The van der Waals surface area contributed by atoms with Gasteiger partial charge in [0, 0.05) is 18.0 Å². The minimum absolute atomic E-state index is 0.222. The molecule has 0 aliphatic carbocycles. The highest BCUT2D eigenvalue weighted by Crippen LogP contribution is 2.29. The molecule has 0 radical (unpaired) electrons. The van der Waals surface area contributed by atoms with Gasteiger partial charge in [0.05, 0.1) is 20.4 Å². The highest BCUT2D eigenvalue weighted by molar-refractivity contribution is 6.03. The van der Waals surface area contributed by atoms with Crippen LogP contribution in [-0.2, 0) is 9.59 Å². The summed E-state index contributed by atoms with van der Waals surface area (Å²) >= 11 is 0. The Balaban J connectivity index is 1.73. The summed E-state index contributed by atoms with van der Waals surface area (Å²) in [5, 5.41) is 6.74. The summed E-state index contributed by atoms with van der Waals surface area (Å²) in [6, 6.07) is 14.8. The predicted molar refractivity (Wildman–Crippen MR) is 101 cm³/mol. The summed E-state index contributed by atoms with van der Waals surface area (Å²) in [6.45, 7) is 0.425. The van der Waals surface area contributed by atoms with Crippen molar-refractivity contribution in [2.24, 2.45) is 11.0 Å². The molecular formula is C20H21N3O4. The number of carbonyl (C=O) groups is 2. The first-order valence-electron chi connectivity index (χ1n) is 8.51. The lowest BCUT2D eigenvalue weighted by atomic mass is 9.88. The molecule has 2 amide bonds. The summed E-state index contributed by atoms with van der Waals surface area (Å²) in [4.78, 5) is 24.7. The van der Waals surface area contributed by atoms with Crippen molar-refractivity contribution in [3.63, 3.8) is 0 Å². The van der Waals surface area contributed by atoms with Gasteiger partial charge in [-0.15, -0.1) is 0 Å². The maximum atomic E-state index is 12.6. The Kier molecular flexibility index (Phi) is 5.71. The number of hydrazone groups is 1. The molecule has 1 fully saturated rings. The van der Waals surface area contributed by atoms with Crippen molar-refractivity contribution in [2.75, 3.05) is 20.8 Å². The van der Waals surface area contributed by atoms with Gasteiger partial charge in [0.1, 0.15) is 17.4 Å². The van der Waals surface area contributed by atoms with Gasteiger partial charge in [-0.1, -0.05) is 30.3 Å². The Morgan fingerprint density at radius 2 is 1.96 bits per heavy atom. The minimum Gasteiger partial charge on any atom is -0.497 e. The molecule has 0 spiro atoms. The number of nitrogens with zero attached hydrogens (tertiary/aromatic N) is 1. The maximum absolute atomic E-state index is 12.6. The Morgan fingerprint density at radius 1 is 1.19 bits per heavy atom. The number of rotatable bonds is 6. The number of amides is 2. The molecule has 1 aliphatic rings. The fourth-order valence-corrected chi connectivity index (χ4v) is 3.11. The third-order valence-corrected chi connectivity index (χ3v) is 4.51. The number of nitrogens with one attached hydrogen (secondary N) is 2. The number of carbonyl (C=O) groups excluding carboxylic acids is 2. The normalized spacial score (nSPS) is 19.0. The van der Waals surface area contributed by atoms with E-state index >= 15 is 0 Å². The fourth-order valence-electron chi connectivity index (χ4n) is 3.11. The third kappa shape index (κ3) is 4.08. The second kappa shape index (κ2) is 8.35. The number of benzene rings is 2. The van der Waals surface area contributed by atoms with Gasteiger partial charge in [-0.05, 0) is 23.8 Å². The Bertz CT molecular complexity index is 852. The molecule has 2 aromatic rings. The average molecular weight is 367 g/mol. The molecule has 7 nitrogen and oxygen atoms in total. The zero-order valence-electron chi connectivity index (χ0n) is 15.1. The smallest absolute Gasteiger partial charge is 0.253 e. The molecule has 0 aromatic heterocycles. The van der Waals surface area contributed by atoms with E-state index in [1.165, 1.54) is 6.21 Å². The fraction of sp³-hybridized carbons (Fsp3) is 0.250. The molecule has 27 heavy (non-hydrogen) atoms. The van der Waals surface area contributed by atoms with Gasteiger partial charge in [0.2, 0.25) is 5.91 Å². The Labute approximate surface area is 157 Å². The molecule has 2 N–H and O–H groups in total. The summed E-state index contributed by atoms with van der Waals surface area (Å²) in [5.41, 5.74) is 4.05. The zero-order valence-corrected chi connectivity index (χ0v) is 15.1. The minimum atomic E-state index is -0.822. The van der Waals surface area contributed by atoms with Crippen LogP contribution in [0.15, 0.2) is 53.6 Å². The topological polar surface area (TPSA) is 89.0 Å². The lowest BCUT2D eigenvalue weighted by Gasteiger charge is -2.15. The molecule has 2 aromatic carbocycles. The number of hydrogen-bond acceptors (Lipinski definition) is 5. The molecule has 3 rings (SSSR count). The Hall–Kier alpha value is -3.35. The van der Waals surface area contributed by atoms with Crippen LogP contribution in [0.4, 0.5) is 0 Å². The van der Waals surface area contributed by atoms with Crippen molar-refractivity contribution >= 4 is 18.0 Å². The first-order valence-corrected chi connectivity index (χ1v) is 8.51. The van der Waals surface area contributed by atoms with Crippen LogP contribution in [0.25, 0.3) is 0 Å². The molecular weight excluding hydrogens is 346 g/mol. The number of ether oxygens (including phenoxy) is 2. The first kappa shape index (κ1) is 18.4. The second-order valence-electron chi connectivity index (χ2n) is 6.08. The van der Waals surface area contributed by atoms with Crippen molar-refractivity contribution in [3.05, 3.63) is 59.7 Å². The number of hydrogen-bond donors (Lipinski definition) is 2. The maximum Gasteiger partial charge on any atom is 0.253 e. The van der Waals surface area contributed by atoms with Crippen LogP contribution in [0.5, 0.6) is 11.5 Å². The van der Waals surface area contributed by atoms with E-state index in [-0.39, 0.29) is 11.8 Å². The lowest BCUT2D eigenvalue weighted by molar-refractivity contribution is -0.133. The molecule has 0 unspecified atom stereocenters. The van der Waals surface area contributed by atoms with Crippen LogP contribution in [0.3, 0.4) is 0 Å². The van der Waals surface area contributed by atoms with Crippen LogP contribution in [0.2, 0.25) is 0 Å². The van der Waals surface area contributed by atoms with Gasteiger partial charge < -0.3 is 14.8 Å².